The van der Waals surface area contributed by atoms with E-state index in [1.165, 1.54) is 0 Å². The Hall–Kier alpha value is -3.86. The van der Waals surface area contributed by atoms with Gasteiger partial charge in [0.15, 0.2) is 11.0 Å². The molecule has 5 heteroatoms. The minimum Gasteiger partial charge on any atom is -0.497 e. The molecule has 1 N–H and O–H groups in total. The van der Waals surface area contributed by atoms with Crippen LogP contribution >= 0.6 is 0 Å². The molecule has 1 aromatic heterocycles. The Bertz CT molecular complexity index is 1260. The summed E-state index contributed by atoms with van der Waals surface area (Å²) in [6.45, 7) is 1.73. The maximum atomic E-state index is 13.0. The molecule has 144 valence electrons. The topological polar surface area (TPSA) is 68.5 Å². The monoisotopic (exact) mass is 385 g/mol. The van der Waals surface area contributed by atoms with Crippen LogP contribution in [-0.4, -0.2) is 13.0 Å². The number of benzene rings is 3. The number of amides is 1. The molecule has 0 aliphatic carbocycles. The van der Waals surface area contributed by atoms with Crippen LogP contribution in [0.15, 0.2) is 82.0 Å². The summed E-state index contributed by atoms with van der Waals surface area (Å²) in [4.78, 5) is 25.9. The highest BCUT2D eigenvalue weighted by atomic mass is 16.5. The molecule has 0 bridgehead atoms. The Labute approximate surface area is 167 Å². The molecule has 4 rings (SSSR count). The molecule has 0 unspecified atom stereocenters. The molecule has 3 aromatic carbocycles. The molecule has 5 nitrogen and oxygen atoms in total. The first-order valence-electron chi connectivity index (χ1n) is 9.15. The quantitative estimate of drug-likeness (QED) is 0.535. The lowest BCUT2D eigenvalue weighted by atomic mass is 10.0. The summed E-state index contributed by atoms with van der Waals surface area (Å²) in [6, 6.07) is 21.4. The number of hydrogen-bond acceptors (Lipinski definition) is 4. The highest BCUT2D eigenvalue weighted by Gasteiger charge is 2.18. The molecule has 29 heavy (non-hydrogen) atoms. The molecule has 0 aliphatic heterocycles. The van der Waals surface area contributed by atoms with Gasteiger partial charge < -0.3 is 14.5 Å². The number of para-hydroxylation sites is 1. The van der Waals surface area contributed by atoms with E-state index in [2.05, 4.69) is 5.32 Å². The Morgan fingerprint density at radius 1 is 0.966 bits per heavy atom. The van der Waals surface area contributed by atoms with Crippen molar-refractivity contribution >= 4 is 22.6 Å². The summed E-state index contributed by atoms with van der Waals surface area (Å²) in [7, 11) is 1.56. The lowest BCUT2D eigenvalue weighted by Crippen LogP contribution is -2.15. The van der Waals surface area contributed by atoms with Crippen molar-refractivity contribution in [2.24, 2.45) is 0 Å². The van der Waals surface area contributed by atoms with Crippen LogP contribution in [0.3, 0.4) is 0 Å². The van der Waals surface area contributed by atoms with Gasteiger partial charge in [-0.1, -0.05) is 42.5 Å². The molecular weight excluding hydrogens is 366 g/mol. The Kier molecular flexibility index (Phi) is 4.87. The number of anilines is 1. The third kappa shape index (κ3) is 3.50. The fourth-order valence-corrected chi connectivity index (χ4v) is 3.25. The smallest absolute Gasteiger partial charge is 0.259 e. The van der Waals surface area contributed by atoms with E-state index in [9.17, 15) is 9.59 Å². The number of carbonyl (C=O) groups is 1. The average molecular weight is 385 g/mol. The number of nitrogens with one attached hydrogen (secondary N) is 1. The predicted molar refractivity (Wildman–Crippen MR) is 114 cm³/mol. The zero-order valence-corrected chi connectivity index (χ0v) is 16.1. The highest BCUT2D eigenvalue weighted by molar-refractivity contribution is 6.11. The van der Waals surface area contributed by atoms with Crippen molar-refractivity contribution in [1.82, 2.24) is 0 Å². The molecule has 1 heterocycles. The lowest BCUT2D eigenvalue weighted by molar-refractivity contribution is 0.102. The summed E-state index contributed by atoms with van der Waals surface area (Å²) in [5.41, 5.74) is 2.29. The van der Waals surface area contributed by atoms with E-state index in [0.29, 0.717) is 33.7 Å². The van der Waals surface area contributed by atoms with Crippen LogP contribution in [-0.2, 0) is 0 Å². The molecule has 1 amide bonds. The summed E-state index contributed by atoms with van der Waals surface area (Å²) in [6.07, 6.45) is 0. The SMILES string of the molecule is COc1cccc(NC(=O)c2cccc3c(=O)c(C)c(-c4ccccc4)oc23)c1. The van der Waals surface area contributed by atoms with Crippen LogP contribution in [0.4, 0.5) is 5.69 Å². The van der Waals surface area contributed by atoms with Gasteiger partial charge in [0, 0.05) is 22.9 Å². The maximum absolute atomic E-state index is 13.0. The minimum atomic E-state index is -0.366. The van der Waals surface area contributed by atoms with Crippen molar-refractivity contribution in [3.05, 3.63) is 94.1 Å². The van der Waals surface area contributed by atoms with Gasteiger partial charge in [-0.05, 0) is 31.2 Å². The molecule has 0 aliphatic rings. The van der Waals surface area contributed by atoms with Crippen LogP contribution in [0.2, 0.25) is 0 Å². The molecule has 0 spiro atoms. The van der Waals surface area contributed by atoms with E-state index < -0.39 is 0 Å². The molecule has 0 saturated carbocycles. The molecule has 0 radical (unpaired) electrons. The predicted octanol–water partition coefficient (Wildman–Crippen LogP) is 5.03. The van der Waals surface area contributed by atoms with Crippen molar-refractivity contribution in [3.63, 3.8) is 0 Å². The fourth-order valence-electron chi connectivity index (χ4n) is 3.25. The average Bonchev–Trinajstić information content (AvgIpc) is 2.76. The van der Waals surface area contributed by atoms with Gasteiger partial charge in [-0.2, -0.15) is 0 Å². The molecule has 0 fully saturated rings. The van der Waals surface area contributed by atoms with Crippen LogP contribution in [0.25, 0.3) is 22.3 Å². The van der Waals surface area contributed by atoms with Crippen molar-refractivity contribution in [2.45, 2.75) is 6.92 Å². The number of methoxy groups -OCH3 is 1. The van der Waals surface area contributed by atoms with E-state index in [0.717, 1.165) is 5.56 Å². The molecule has 0 atom stereocenters. The number of rotatable bonds is 4. The van der Waals surface area contributed by atoms with E-state index in [-0.39, 0.29) is 16.9 Å². The number of ether oxygens (including phenoxy) is 1. The van der Waals surface area contributed by atoms with Gasteiger partial charge in [-0.15, -0.1) is 0 Å². The third-order valence-corrected chi connectivity index (χ3v) is 4.75. The van der Waals surface area contributed by atoms with Gasteiger partial charge in [0.25, 0.3) is 5.91 Å². The van der Waals surface area contributed by atoms with Crippen molar-refractivity contribution in [3.8, 4) is 17.1 Å². The van der Waals surface area contributed by atoms with Crippen molar-refractivity contribution < 1.29 is 13.9 Å². The number of fused-ring (bicyclic) bond motifs is 1. The van der Waals surface area contributed by atoms with Gasteiger partial charge in [0.05, 0.1) is 18.1 Å². The van der Waals surface area contributed by atoms with Crippen LogP contribution < -0.4 is 15.5 Å². The van der Waals surface area contributed by atoms with Gasteiger partial charge in [0.2, 0.25) is 0 Å². The minimum absolute atomic E-state index is 0.152. The zero-order chi connectivity index (χ0) is 20.4. The van der Waals surface area contributed by atoms with E-state index in [1.807, 2.05) is 30.3 Å². The van der Waals surface area contributed by atoms with Gasteiger partial charge in [0.1, 0.15) is 11.5 Å². The number of hydrogen-bond donors (Lipinski definition) is 1. The number of carbonyl (C=O) groups excluding carboxylic acids is 1. The van der Waals surface area contributed by atoms with Crippen LogP contribution in [0.1, 0.15) is 15.9 Å². The van der Waals surface area contributed by atoms with Crippen LogP contribution in [0.5, 0.6) is 5.75 Å². The van der Waals surface area contributed by atoms with Crippen LogP contribution in [0, 0.1) is 6.92 Å². The molecule has 0 saturated heterocycles. The third-order valence-electron chi connectivity index (χ3n) is 4.75. The Balaban J connectivity index is 1.83. The second kappa shape index (κ2) is 7.64. The van der Waals surface area contributed by atoms with Gasteiger partial charge in [-0.25, -0.2) is 0 Å². The first-order chi connectivity index (χ1) is 14.1. The van der Waals surface area contributed by atoms with E-state index in [4.69, 9.17) is 9.15 Å². The second-order valence-electron chi connectivity index (χ2n) is 6.62. The fraction of sp³-hybridized carbons (Fsp3) is 0.0833. The van der Waals surface area contributed by atoms with Crippen molar-refractivity contribution in [1.29, 1.82) is 0 Å². The Morgan fingerprint density at radius 2 is 1.72 bits per heavy atom. The maximum Gasteiger partial charge on any atom is 0.259 e. The summed E-state index contributed by atoms with van der Waals surface area (Å²) in [5, 5.41) is 3.21. The zero-order valence-electron chi connectivity index (χ0n) is 16.1. The largest absolute Gasteiger partial charge is 0.497 e. The van der Waals surface area contributed by atoms with E-state index >= 15 is 0 Å². The second-order valence-corrected chi connectivity index (χ2v) is 6.62. The summed E-state index contributed by atoms with van der Waals surface area (Å²) < 4.78 is 11.3. The standard InChI is InChI=1S/C24H19NO4/c1-15-21(26)19-12-7-13-20(23(19)29-22(15)16-8-4-3-5-9-16)24(27)25-17-10-6-11-18(14-17)28-2/h3-14H,1-2H3,(H,25,27). The first kappa shape index (κ1) is 18.5. The summed E-state index contributed by atoms with van der Waals surface area (Å²) in [5.74, 6) is 0.730. The van der Waals surface area contributed by atoms with Gasteiger partial charge in [-0.3, -0.25) is 9.59 Å². The lowest BCUT2D eigenvalue weighted by Gasteiger charge is -2.11. The Morgan fingerprint density at radius 3 is 2.48 bits per heavy atom. The molecule has 4 aromatic rings. The van der Waals surface area contributed by atoms with E-state index in [1.54, 1.807) is 56.5 Å². The first-order valence-corrected chi connectivity index (χ1v) is 9.15. The normalized spacial score (nSPS) is 10.7. The molecular formula is C24H19NO4. The summed E-state index contributed by atoms with van der Waals surface area (Å²) >= 11 is 0. The highest BCUT2D eigenvalue weighted by Crippen LogP contribution is 2.28. The van der Waals surface area contributed by atoms with Crippen molar-refractivity contribution in [2.75, 3.05) is 12.4 Å². The van der Waals surface area contributed by atoms with Gasteiger partial charge >= 0.3 is 0 Å².